The number of rotatable bonds is 8. The SMILES string of the molecule is CCCCNC(=O)CNCC(F)(F)CO. The predicted molar refractivity (Wildman–Crippen MR) is 52.8 cm³/mol. The average Bonchev–Trinajstić information content (AvgIpc) is 2.18. The molecule has 0 aliphatic heterocycles. The molecule has 3 N–H and O–H groups in total. The molecular formula is C9H18F2N2O2. The Balaban J connectivity index is 3.46. The molecule has 0 fully saturated rings. The van der Waals surface area contributed by atoms with E-state index >= 15 is 0 Å². The van der Waals surface area contributed by atoms with Crippen LogP contribution in [0.5, 0.6) is 0 Å². The Morgan fingerprint density at radius 3 is 2.67 bits per heavy atom. The number of hydrogen-bond donors (Lipinski definition) is 3. The van der Waals surface area contributed by atoms with E-state index < -0.39 is 19.1 Å². The van der Waals surface area contributed by atoms with Gasteiger partial charge in [-0.25, -0.2) is 8.78 Å². The minimum absolute atomic E-state index is 0.153. The highest BCUT2D eigenvalue weighted by atomic mass is 19.3. The highest BCUT2D eigenvalue weighted by Crippen LogP contribution is 2.09. The second-order valence-corrected chi connectivity index (χ2v) is 3.32. The van der Waals surface area contributed by atoms with Gasteiger partial charge in [0.1, 0.15) is 6.61 Å². The van der Waals surface area contributed by atoms with Gasteiger partial charge in [-0.15, -0.1) is 0 Å². The maximum absolute atomic E-state index is 12.5. The maximum Gasteiger partial charge on any atom is 0.282 e. The predicted octanol–water partition coefficient (Wildman–Crippen LogP) is 0.120. The lowest BCUT2D eigenvalue weighted by atomic mass is 10.3. The van der Waals surface area contributed by atoms with E-state index in [0.29, 0.717) is 6.54 Å². The van der Waals surface area contributed by atoms with Crippen LogP contribution in [-0.2, 0) is 4.79 Å². The van der Waals surface area contributed by atoms with Crippen LogP contribution in [0.2, 0.25) is 0 Å². The van der Waals surface area contributed by atoms with Crippen molar-refractivity contribution in [2.24, 2.45) is 0 Å². The van der Waals surface area contributed by atoms with Crippen molar-refractivity contribution in [3.63, 3.8) is 0 Å². The summed E-state index contributed by atoms with van der Waals surface area (Å²) in [5.74, 6) is -3.47. The Labute approximate surface area is 88.0 Å². The molecular weight excluding hydrogens is 206 g/mol. The lowest BCUT2D eigenvalue weighted by molar-refractivity contribution is -0.120. The Morgan fingerprint density at radius 1 is 1.47 bits per heavy atom. The van der Waals surface area contributed by atoms with Crippen molar-refractivity contribution in [3.05, 3.63) is 0 Å². The molecule has 0 bridgehead atoms. The average molecular weight is 224 g/mol. The second-order valence-electron chi connectivity index (χ2n) is 3.32. The topological polar surface area (TPSA) is 61.4 Å². The third-order valence-electron chi connectivity index (χ3n) is 1.75. The summed E-state index contributed by atoms with van der Waals surface area (Å²) < 4.78 is 24.9. The van der Waals surface area contributed by atoms with Crippen molar-refractivity contribution in [2.75, 3.05) is 26.2 Å². The largest absolute Gasteiger partial charge is 0.390 e. The second kappa shape index (κ2) is 7.53. The van der Waals surface area contributed by atoms with Crippen LogP contribution in [0.4, 0.5) is 8.78 Å². The highest BCUT2D eigenvalue weighted by Gasteiger charge is 2.26. The van der Waals surface area contributed by atoms with Gasteiger partial charge in [0.05, 0.1) is 13.1 Å². The first-order valence-corrected chi connectivity index (χ1v) is 4.98. The van der Waals surface area contributed by atoms with Gasteiger partial charge in [-0.05, 0) is 6.42 Å². The van der Waals surface area contributed by atoms with E-state index in [1.54, 1.807) is 0 Å². The normalized spacial score (nSPS) is 11.5. The standard InChI is InChI=1S/C9H18F2N2O2/c1-2-3-4-13-8(15)5-12-6-9(10,11)7-14/h12,14H,2-7H2,1H3,(H,13,15). The fraction of sp³-hybridized carbons (Fsp3) is 0.889. The zero-order chi connectivity index (χ0) is 11.7. The Bertz CT molecular complexity index is 189. The number of halogens is 2. The third kappa shape index (κ3) is 8.26. The summed E-state index contributed by atoms with van der Waals surface area (Å²) in [6.07, 6.45) is 1.84. The molecule has 0 aromatic heterocycles. The molecule has 0 aromatic rings. The lowest BCUT2D eigenvalue weighted by Crippen LogP contribution is -2.41. The van der Waals surface area contributed by atoms with E-state index in [4.69, 9.17) is 5.11 Å². The fourth-order valence-corrected chi connectivity index (χ4v) is 0.882. The van der Waals surface area contributed by atoms with Gasteiger partial charge in [-0.1, -0.05) is 13.3 Å². The van der Waals surface area contributed by atoms with Crippen molar-refractivity contribution < 1.29 is 18.7 Å². The first kappa shape index (κ1) is 14.2. The van der Waals surface area contributed by atoms with Crippen LogP contribution in [0.1, 0.15) is 19.8 Å². The number of nitrogens with one attached hydrogen (secondary N) is 2. The van der Waals surface area contributed by atoms with E-state index in [2.05, 4.69) is 10.6 Å². The molecule has 0 aliphatic carbocycles. The number of hydrogen-bond acceptors (Lipinski definition) is 3. The molecule has 0 unspecified atom stereocenters. The molecule has 15 heavy (non-hydrogen) atoms. The molecule has 4 nitrogen and oxygen atoms in total. The summed E-state index contributed by atoms with van der Waals surface area (Å²) in [5.41, 5.74) is 0. The van der Waals surface area contributed by atoms with Crippen LogP contribution in [0.15, 0.2) is 0 Å². The molecule has 0 spiro atoms. The zero-order valence-electron chi connectivity index (χ0n) is 8.85. The van der Waals surface area contributed by atoms with Crippen molar-refractivity contribution in [3.8, 4) is 0 Å². The molecule has 0 saturated carbocycles. The number of carbonyl (C=O) groups excluding carboxylic acids is 1. The van der Waals surface area contributed by atoms with Crippen LogP contribution in [0.3, 0.4) is 0 Å². The van der Waals surface area contributed by atoms with E-state index in [1.807, 2.05) is 6.92 Å². The highest BCUT2D eigenvalue weighted by molar-refractivity contribution is 5.77. The van der Waals surface area contributed by atoms with E-state index in [0.717, 1.165) is 12.8 Å². The van der Waals surface area contributed by atoms with E-state index in [1.165, 1.54) is 0 Å². The van der Waals surface area contributed by atoms with Gasteiger partial charge < -0.3 is 15.7 Å². The smallest absolute Gasteiger partial charge is 0.282 e. The summed E-state index contributed by atoms with van der Waals surface area (Å²) in [6.45, 7) is 0.501. The Morgan fingerprint density at radius 2 is 2.13 bits per heavy atom. The molecule has 0 aliphatic rings. The zero-order valence-corrected chi connectivity index (χ0v) is 8.85. The van der Waals surface area contributed by atoms with Crippen molar-refractivity contribution >= 4 is 5.91 Å². The molecule has 0 heterocycles. The van der Waals surface area contributed by atoms with E-state index in [-0.39, 0.29) is 12.5 Å². The monoisotopic (exact) mass is 224 g/mol. The van der Waals surface area contributed by atoms with Gasteiger partial charge in [0, 0.05) is 6.54 Å². The number of aliphatic hydroxyl groups excluding tert-OH is 1. The lowest BCUT2D eigenvalue weighted by Gasteiger charge is -2.13. The summed E-state index contributed by atoms with van der Waals surface area (Å²) in [4.78, 5) is 11.0. The number of carbonyl (C=O) groups is 1. The molecule has 6 heteroatoms. The fourth-order valence-electron chi connectivity index (χ4n) is 0.882. The quantitative estimate of drug-likeness (QED) is 0.513. The molecule has 0 rings (SSSR count). The van der Waals surface area contributed by atoms with Crippen LogP contribution in [0, 0.1) is 0 Å². The molecule has 1 amide bonds. The van der Waals surface area contributed by atoms with Crippen LogP contribution in [0.25, 0.3) is 0 Å². The van der Waals surface area contributed by atoms with Crippen LogP contribution < -0.4 is 10.6 Å². The summed E-state index contributed by atoms with van der Waals surface area (Å²) in [7, 11) is 0. The van der Waals surface area contributed by atoms with Gasteiger partial charge in [0.15, 0.2) is 0 Å². The van der Waals surface area contributed by atoms with Crippen LogP contribution >= 0.6 is 0 Å². The Hall–Kier alpha value is -0.750. The first-order chi connectivity index (χ1) is 7.02. The maximum atomic E-state index is 12.5. The molecule has 0 aromatic carbocycles. The molecule has 0 atom stereocenters. The summed E-state index contributed by atoms with van der Waals surface area (Å²) >= 11 is 0. The third-order valence-corrected chi connectivity index (χ3v) is 1.75. The molecule has 90 valence electrons. The van der Waals surface area contributed by atoms with Crippen LogP contribution in [-0.4, -0.2) is 43.2 Å². The first-order valence-electron chi connectivity index (χ1n) is 4.98. The number of unbranched alkanes of at least 4 members (excludes halogenated alkanes) is 1. The van der Waals surface area contributed by atoms with Gasteiger partial charge in [0.25, 0.3) is 5.92 Å². The Kier molecular flexibility index (Phi) is 7.15. The minimum atomic E-state index is -3.16. The van der Waals surface area contributed by atoms with Gasteiger partial charge in [-0.3, -0.25) is 4.79 Å². The number of alkyl halides is 2. The van der Waals surface area contributed by atoms with E-state index in [9.17, 15) is 13.6 Å². The van der Waals surface area contributed by atoms with Gasteiger partial charge >= 0.3 is 0 Å². The minimum Gasteiger partial charge on any atom is -0.390 e. The number of aliphatic hydroxyl groups is 1. The van der Waals surface area contributed by atoms with Crippen molar-refractivity contribution in [1.82, 2.24) is 10.6 Å². The molecule has 0 saturated heterocycles. The summed E-state index contributed by atoms with van der Waals surface area (Å²) in [5, 5.41) is 13.1. The molecule has 0 radical (unpaired) electrons. The van der Waals surface area contributed by atoms with Gasteiger partial charge in [-0.2, -0.15) is 0 Å². The number of amides is 1. The van der Waals surface area contributed by atoms with Gasteiger partial charge in [0.2, 0.25) is 5.91 Å². The summed E-state index contributed by atoms with van der Waals surface area (Å²) in [6, 6.07) is 0. The van der Waals surface area contributed by atoms with Crippen molar-refractivity contribution in [1.29, 1.82) is 0 Å². The van der Waals surface area contributed by atoms with Crippen molar-refractivity contribution in [2.45, 2.75) is 25.7 Å².